The minimum atomic E-state index is 0.795. The Labute approximate surface area is 68.6 Å². The molecular formula is C10H17N. The first-order chi connectivity index (χ1) is 5.39. The Balaban J connectivity index is 1.88. The molecule has 1 nitrogen and oxygen atoms in total. The lowest BCUT2D eigenvalue weighted by atomic mass is 9.73. The van der Waals surface area contributed by atoms with E-state index in [1.807, 2.05) is 0 Å². The van der Waals surface area contributed by atoms with Crippen molar-refractivity contribution < 1.29 is 0 Å². The average molecular weight is 151 g/mol. The maximum absolute atomic E-state index is 3.54. The van der Waals surface area contributed by atoms with Crippen molar-refractivity contribution in [2.24, 2.45) is 17.3 Å². The zero-order chi connectivity index (χ0) is 7.31. The Kier molecular flexibility index (Phi) is 1.18. The quantitative estimate of drug-likeness (QED) is 0.556. The van der Waals surface area contributed by atoms with Crippen LogP contribution in [0.2, 0.25) is 0 Å². The van der Waals surface area contributed by atoms with Gasteiger partial charge in [-0.3, -0.25) is 0 Å². The molecule has 3 fully saturated rings. The van der Waals surface area contributed by atoms with Gasteiger partial charge >= 0.3 is 0 Å². The van der Waals surface area contributed by atoms with E-state index in [0.717, 1.165) is 17.3 Å². The third-order valence-electron chi connectivity index (χ3n) is 4.38. The van der Waals surface area contributed by atoms with Gasteiger partial charge in [-0.1, -0.05) is 6.42 Å². The fraction of sp³-hybridized carbons (Fsp3) is 1.00. The van der Waals surface area contributed by atoms with Crippen LogP contribution in [0.25, 0.3) is 0 Å². The fourth-order valence-electron chi connectivity index (χ4n) is 3.84. The first-order valence-corrected chi connectivity index (χ1v) is 5.10. The third-order valence-corrected chi connectivity index (χ3v) is 4.38. The molecule has 11 heavy (non-hydrogen) atoms. The maximum Gasteiger partial charge on any atom is 0.00110 e. The molecule has 1 N–H and O–H groups in total. The van der Waals surface area contributed by atoms with Crippen molar-refractivity contribution in [1.29, 1.82) is 0 Å². The highest BCUT2D eigenvalue weighted by Gasteiger charge is 2.51. The van der Waals surface area contributed by atoms with Gasteiger partial charge in [-0.25, -0.2) is 0 Å². The van der Waals surface area contributed by atoms with Gasteiger partial charge in [-0.15, -0.1) is 0 Å². The summed E-state index contributed by atoms with van der Waals surface area (Å²) in [6.07, 6.45) is 7.71. The summed E-state index contributed by atoms with van der Waals surface area (Å²) in [5.41, 5.74) is 0.795. The van der Waals surface area contributed by atoms with Crippen molar-refractivity contribution in [2.45, 2.75) is 32.1 Å². The molecule has 3 atom stereocenters. The van der Waals surface area contributed by atoms with Crippen LogP contribution in [0.3, 0.4) is 0 Å². The summed E-state index contributed by atoms with van der Waals surface area (Å²) in [6.45, 7) is 2.64. The number of hydrogen-bond donors (Lipinski definition) is 1. The van der Waals surface area contributed by atoms with Crippen LogP contribution in [0.5, 0.6) is 0 Å². The lowest BCUT2D eigenvalue weighted by molar-refractivity contribution is 0.190. The minimum Gasteiger partial charge on any atom is -0.316 e. The van der Waals surface area contributed by atoms with Gasteiger partial charge in [0, 0.05) is 6.54 Å². The molecule has 0 amide bonds. The lowest BCUT2D eigenvalue weighted by Gasteiger charge is -2.32. The molecule has 1 aliphatic heterocycles. The molecule has 1 heterocycles. The van der Waals surface area contributed by atoms with Crippen LogP contribution in [-0.4, -0.2) is 13.1 Å². The Morgan fingerprint density at radius 2 is 2.27 bits per heavy atom. The fourth-order valence-corrected chi connectivity index (χ4v) is 3.84. The molecule has 3 aliphatic rings. The molecule has 0 aromatic rings. The summed E-state index contributed by atoms with van der Waals surface area (Å²) in [6, 6.07) is 0. The number of hydrogen-bond acceptors (Lipinski definition) is 1. The summed E-state index contributed by atoms with van der Waals surface area (Å²) in [7, 11) is 0. The molecule has 0 radical (unpaired) electrons. The Bertz CT molecular complexity index is 170. The predicted octanol–water partition coefficient (Wildman–Crippen LogP) is 1.79. The van der Waals surface area contributed by atoms with Crippen LogP contribution in [0.15, 0.2) is 0 Å². The van der Waals surface area contributed by atoms with E-state index in [1.54, 1.807) is 25.7 Å². The predicted molar refractivity (Wildman–Crippen MR) is 45.4 cm³/mol. The summed E-state index contributed by atoms with van der Waals surface area (Å²) < 4.78 is 0. The zero-order valence-electron chi connectivity index (χ0n) is 7.10. The molecule has 2 saturated carbocycles. The van der Waals surface area contributed by atoms with E-state index in [4.69, 9.17) is 0 Å². The van der Waals surface area contributed by atoms with E-state index in [0.29, 0.717) is 0 Å². The molecule has 2 aliphatic carbocycles. The van der Waals surface area contributed by atoms with Crippen molar-refractivity contribution in [1.82, 2.24) is 5.32 Å². The highest BCUT2D eigenvalue weighted by Crippen LogP contribution is 2.58. The third kappa shape index (κ3) is 0.752. The van der Waals surface area contributed by atoms with Crippen LogP contribution in [0, 0.1) is 17.3 Å². The van der Waals surface area contributed by atoms with Crippen molar-refractivity contribution in [2.75, 3.05) is 13.1 Å². The summed E-state index contributed by atoms with van der Waals surface area (Å²) in [5, 5.41) is 3.54. The highest BCUT2D eigenvalue weighted by atomic mass is 14.9. The first-order valence-electron chi connectivity index (χ1n) is 5.10. The molecular weight excluding hydrogens is 134 g/mol. The van der Waals surface area contributed by atoms with Crippen LogP contribution >= 0.6 is 0 Å². The normalized spacial score (nSPS) is 54.5. The molecule has 62 valence electrons. The number of nitrogens with one attached hydrogen (secondary N) is 1. The lowest BCUT2D eigenvalue weighted by Crippen LogP contribution is -2.29. The van der Waals surface area contributed by atoms with Crippen molar-refractivity contribution in [3.05, 3.63) is 0 Å². The average Bonchev–Trinajstić information content (AvgIpc) is 2.64. The highest BCUT2D eigenvalue weighted by molar-refractivity contribution is 5.03. The van der Waals surface area contributed by atoms with Crippen molar-refractivity contribution >= 4 is 0 Å². The van der Waals surface area contributed by atoms with Crippen LogP contribution in [0.1, 0.15) is 32.1 Å². The summed E-state index contributed by atoms with van der Waals surface area (Å²) in [5.74, 6) is 2.24. The van der Waals surface area contributed by atoms with Gasteiger partial charge in [0.1, 0.15) is 0 Å². The Morgan fingerprint density at radius 1 is 1.27 bits per heavy atom. The SMILES string of the molecule is C1CC2(CN1)CC1CCC2C1. The van der Waals surface area contributed by atoms with Crippen LogP contribution in [0.4, 0.5) is 0 Å². The van der Waals surface area contributed by atoms with E-state index in [1.165, 1.54) is 19.5 Å². The van der Waals surface area contributed by atoms with Gasteiger partial charge in [0.25, 0.3) is 0 Å². The van der Waals surface area contributed by atoms with Crippen LogP contribution in [-0.2, 0) is 0 Å². The molecule has 2 bridgehead atoms. The second-order valence-electron chi connectivity index (χ2n) is 4.87. The Hall–Kier alpha value is -0.0400. The van der Waals surface area contributed by atoms with Gasteiger partial charge in [0.2, 0.25) is 0 Å². The topological polar surface area (TPSA) is 12.0 Å². The minimum absolute atomic E-state index is 0.795. The van der Waals surface area contributed by atoms with E-state index in [2.05, 4.69) is 5.32 Å². The molecule has 1 saturated heterocycles. The smallest absolute Gasteiger partial charge is 0.00110 e. The van der Waals surface area contributed by atoms with E-state index in [9.17, 15) is 0 Å². The van der Waals surface area contributed by atoms with Gasteiger partial charge in [-0.05, 0) is 49.5 Å². The second-order valence-corrected chi connectivity index (χ2v) is 4.87. The summed E-state index contributed by atoms with van der Waals surface area (Å²) in [4.78, 5) is 0. The first kappa shape index (κ1) is 6.47. The van der Waals surface area contributed by atoms with E-state index in [-0.39, 0.29) is 0 Å². The van der Waals surface area contributed by atoms with Gasteiger partial charge in [-0.2, -0.15) is 0 Å². The molecule has 3 rings (SSSR count). The zero-order valence-corrected chi connectivity index (χ0v) is 7.10. The van der Waals surface area contributed by atoms with Gasteiger partial charge < -0.3 is 5.32 Å². The largest absolute Gasteiger partial charge is 0.316 e. The molecule has 1 heteroatoms. The molecule has 0 aromatic carbocycles. The van der Waals surface area contributed by atoms with E-state index < -0.39 is 0 Å². The van der Waals surface area contributed by atoms with Crippen LogP contribution < -0.4 is 5.32 Å². The van der Waals surface area contributed by atoms with Gasteiger partial charge in [0.05, 0.1) is 0 Å². The summed E-state index contributed by atoms with van der Waals surface area (Å²) >= 11 is 0. The van der Waals surface area contributed by atoms with E-state index >= 15 is 0 Å². The second kappa shape index (κ2) is 2.01. The van der Waals surface area contributed by atoms with Gasteiger partial charge in [0.15, 0.2) is 0 Å². The number of rotatable bonds is 0. The standard InChI is InChI=1S/C10H17N/c1-2-9-5-8(1)6-10(9)3-4-11-7-10/h8-9,11H,1-7H2. The molecule has 0 aromatic heterocycles. The van der Waals surface area contributed by atoms with Crippen molar-refractivity contribution in [3.63, 3.8) is 0 Å². The van der Waals surface area contributed by atoms with Crippen molar-refractivity contribution in [3.8, 4) is 0 Å². The molecule has 1 spiro atoms. The maximum atomic E-state index is 3.54. The monoisotopic (exact) mass is 151 g/mol. The Morgan fingerprint density at radius 3 is 2.82 bits per heavy atom. The number of fused-ring (bicyclic) bond motifs is 3. The molecule has 3 unspecified atom stereocenters.